The summed E-state index contributed by atoms with van der Waals surface area (Å²) in [4.78, 5) is 2.32. The number of nitrogen functional groups attached to an aromatic ring is 1. The number of para-hydroxylation sites is 6. The number of nitrogens with two attached hydrogens (primary N) is 1. The molecule has 9 aromatic rings. The lowest BCUT2D eigenvalue weighted by molar-refractivity contribution is 0.656. The average molecular weight is 708 g/mol. The molecule has 0 amide bonds. The van der Waals surface area contributed by atoms with Crippen molar-refractivity contribution in [2.45, 2.75) is 12.6 Å². The fourth-order valence-corrected chi connectivity index (χ4v) is 8.91. The number of hydrogen-bond donors (Lipinski definition) is 2. The predicted molar refractivity (Wildman–Crippen MR) is 231 cm³/mol. The van der Waals surface area contributed by atoms with Crippen LogP contribution >= 0.6 is 0 Å². The van der Waals surface area contributed by atoms with Gasteiger partial charge >= 0.3 is 0 Å². The van der Waals surface area contributed by atoms with Crippen LogP contribution < -0.4 is 26.5 Å². The minimum Gasteiger partial charge on any atom is -0.397 e. The van der Waals surface area contributed by atoms with Crippen molar-refractivity contribution < 1.29 is 0 Å². The number of hydrogen-bond acceptors (Lipinski definition) is 3. The highest BCUT2D eigenvalue weighted by Crippen LogP contribution is 2.41. The molecular formula is C50H37N5. The van der Waals surface area contributed by atoms with Gasteiger partial charge in [-0.1, -0.05) is 97.6 Å². The van der Waals surface area contributed by atoms with Crippen LogP contribution in [0.3, 0.4) is 0 Å². The first-order valence-electron chi connectivity index (χ1n) is 18.8. The Balaban J connectivity index is 1.18. The van der Waals surface area contributed by atoms with Gasteiger partial charge in [0, 0.05) is 56.6 Å². The van der Waals surface area contributed by atoms with Gasteiger partial charge in [-0.05, 0) is 95.6 Å². The summed E-state index contributed by atoms with van der Waals surface area (Å²) in [6, 6.07) is 58.3. The Bertz CT molecular complexity index is 3130. The number of aromatic nitrogens is 2. The van der Waals surface area contributed by atoms with Gasteiger partial charge in [0.05, 0.1) is 45.0 Å². The van der Waals surface area contributed by atoms with E-state index in [1.165, 1.54) is 54.6 Å². The second-order valence-corrected chi connectivity index (χ2v) is 14.6. The summed E-state index contributed by atoms with van der Waals surface area (Å²) in [6.07, 6.45) is 4.61. The van der Waals surface area contributed by atoms with Crippen LogP contribution in [0, 0.1) is 0 Å². The van der Waals surface area contributed by atoms with Crippen molar-refractivity contribution in [3.63, 3.8) is 0 Å². The molecule has 0 aliphatic carbocycles. The summed E-state index contributed by atoms with van der Waals surface area (Å²) in [5.74, 6) is 0. The largest absolute Gasteiger partial charge is 0.397 e. The number of fused-ring (bicyclic) bond motifs is 7. The molecule has 1 atom stereocenters. The molecule has 0 spiro atoms. The molecular weight excluding hydrogens is 671 g/mol. The molecule has 1 unspecified atom stereocenters. The van der Waals surface area contributed by atoms with Crippen molar-refractivity contribution in [2.24, 2.45) is 0 Å². The molecule has 0 saturated heterocycles. The monoisotopic (exact) mass is 707 g/mol. The minimum atomic E-state index is 0.00989. The topological polar surface area (TPSA) is 51.1 Å². The quantitative estimate of drug-likeness (QED) is 0.175. The zero-order valence-corrected chi connectivity index (χ0v) is 30.2. The first-order chi connectivity index (χ1) is 27.1. The molecule has 5 heteroatoms. The number of allylic oxidation sites excluding steroid dienone is 1. The first kappa shape index (κ1) is 31.3. The lowest BCUT2D eigenvalue weighted by Crippen LogP contribution is -2.34. The van der Waals surface area contributed by atoms with Gasteiger partial charge in [-0.15, -0.1) is 0 Å². The molecule has 262 valence electrons. The Morgan fingerprint density at radius 3 is 2.15 bits per heavy atom. The van der Waals surface area contributed by atoms with Crippen molar-refractivity contribution in [1.29, 1.82) is 0 Å². The van der Waals surface area contributed by atoms with Crippen molar-refractivity contribution in [3.8, 4) is 16.8 Å². The molecule has 0 saturated carbocycles. The molecule has 2 aliphatic heterocycles. The number of anilines is 4. The fraction of sp³-hybridized carbons (Fsp3) is 0.0400. The van der Waals surface area contributed by atoms with E-state index in [0.717, 1.165) is 51.5 Å². The van der Waals surface area contributed by atoms with E-state index in [0.29, 0.717) is 0 Å². The Morgan fingerprint density at radius 2 is 1.31 bits per heavy atom. The van der Waals surface area contributed by atoms with E-state index in [4.69, 9.17) is 5.73 Å². The van der Waals surface area contributed by atoms with Gasteiger partial charge in [-0.25, -0.2) is 0 Å². The number of nitrogens with one attached hydrogen (secondary N) is 1. The average Bonchev–Trinajstić information content (AvgIpc) is 3.85. The van der Waals surface area contributed by atoms with Gasteiger partial charge in [0.15, 0.2) is 0 Å². The standard InChI is InChI=1S/C50H37N5/c1-32-26-39-41-28-34(33-24-25-48-40(27-33)38-19-9-13-23-47(38)55(48)36-16-6-3-7-17-36)29-42-45(52-44-21-11-10-20-43(44)51)30-54(50(41)42)49(39)31-53(35-14-4-2-5-15-35)46-22-12-8-18-37(32)46/h2-29,31,45,52H,1,30,51H2/b39-26-,49-31+. The van der Waals surface area contributed by atoms with E-state index in [-0.39, 0.29) is 6.04 Å². The van der Waals surface area contributed by atoms with Crippen LogP contribution in [0.2, 0.25) is 0 Å². The minimum absolute atomic E-state index is 0.00989. The summed E-state index contributed by atoms with van der Waals surface area (Å²) in [6.45, 7) is 5.41. The summed E-state index contributed by atoms with van der Waals surface area (Å²) in [5, 5.41) is 9.87. The zero-order valence-electron chi connectivity index (χ0n) is 30.2. The highest BCUT2D eigenvalue weighted by molar-refractivity contribution is 6.11. The number of benzene rings is 7. The normalized spacial score (nSPS) is 15.9. The van der Waals surface area contributed by atoms with Crippen molar-refractivity contribution in [2.75, 3.05) is 16.0 Å². The highest BCUT2D eigenvalue weighted by Gasteiger charge is 2.29. The van der Waals surface area contributed by atoms with E-state index >= 15 is 0 Å². The maximum Gasteiger partial charge on any atom is 0.0714 e. The Labute approximate surface area is 318 Å². The van der Waals surface area contributed by atoms with E-state index in [2.05, 4.69) is 184 Å². The van der Waals surface area contributed by atoms with Crippen LogP contribution in [0.15, 0.2) is 170 Å². The number of rotatable bonds is 5. The van der Waals surface area contributed by atoms with E-state index in [1.807, 2.05) is 18.2 Å². The van der Waals surface area contributed by atoms with Gasteiger partial charge in [0.2, 0.25) is 0 Å². The second-order valence-electron chi connectivity index (χ2n) is 14.6. The third kappa shape index (κ3) is 4.87. The molecule has 2 aromatic heterocycles. The maximum absolute atomic E-state index is 6.53. The van der Waals surface area contributed by atoms with Crippen LogP contribution in [0.5, 0.6) is 0 Å². The van der Waals surface area contributed by atoms with Crippen LogP contribution in [-0.4, -0.2) is 9.13 Å². The van der Waals surface area contributed by atoms with E-state index in [9.17, 15) is 0 Å². The summed E-state index contributed by atoms with van der Waals surface area (Å²) in [5.41, 5.74) is 20.9. The van der Waals surface area contributed by atoms with Gasteiger partial charge in [0.1, 0.15) is 0 Å². The molecule has 4 heterocycles. The van der Waals surface area contributed by atoms with Crippen LogP contribution in [0.1, 0.15) is 17.2 Å². The van der Waals surface area contributed by atoms with E-state index < -0.39 is 0 Å². The molecule has 5 nitrogen and oxygen atoms in total. The SMILES string of the molecule is C=C1/C=c2\c(n3c4c(cc(-c5ccc6c(c5)c5ccccc5n6-c5ccccc5)cc24)C(Nc2ccccc2N)C3)=C/N(c2ccccc2)c2ccccc21. The Hall–Kier alpha value is -7.24. The summed E-state index contributed by atoms with van der Waals surface area (Å²) < 4.78 is 4.86. The molecule has 0 fully saturated rings. The van der Waals surface area contributed by atoms with Gasteiger partial charge < -0.3 is 25.1 Å². The molecule has 0 bridgehead atoms. The molecule has 55 heavy (non-hydrogen) atoms. The third-order valence-electron chi connectivity index (χ3n) is 11.4. The lowest BCUT2D eigenvalue weighted by atomic mass is 9.95. The lowest BCUT2D eigenvalue weighted by Gasteiger charge is -2.25. The fourth-order valence-electron chi connectivity index (χ4n) is 8.91. The Morgan fingerprint density at radius 1 is 0.618 bits per heavy atom. The second kappa shape index (κ2) is 12.2. The highest BCUT2D eigenvalue weighted by atomic mass is 15.1. The van der Waals surface area contributed by atoms with Gasteiger partial charge in [0.25, 0.3) is 0 Å². The van der Waals surface area contributed by atoms with Crippen LogP contribution in [-0.2, 0) is 6.54 Å². The Kier molecular flexibility index (Phi) is 6.92. The van der Waals surface area contributed by atoms with Crippen LogP contribution in [0.25, 0.3) is 67.4 Å². The molecule has 0 radical (unpaired) electrons. The van der Waals surface area contributed by atoms with Crippen molar-refractivity contribution >= 4 is 73.3 Å². The molecule has 3 N–H and O–H groups in total. The van der Waals surface area contributed by atoms with Gasteiger partial charge in [-0.2, -0.15) is 0 Å². The predicted octanol–water partition coefficient (Wildman–Crippen LogP) is 10.5. The molecule has 11 rings (SSSR count). The smallest absolute Gasteiger partial charge is 0.0714 e. The van der Waals surface area contributed by atoms with Crippen LogP contribution in [0.4, 0.5) is 22.7 Å². The van der Waals surface area contributed by atoms with E-state index in [1.54, 1.807) is 0 Å². The maximum atomic E-state index is 6.53. The summed E-state index contributed by atoms with van der Waals surface area (Å²) in [7, 11) is 0. The van der Waals surface area contributed by atoms with Crippen molar-refractivity contribution in [1.82, 2.24) is 9.13 Å². The zero-order chi connectivity index (χ0) is 36.6. The molecule has 2 aliphatic rings. The first-order valence-corrected chi connectivity index (χ1v) is 18.8. The van der Waals surface area contributed by atoms with Crippen molar-refractivity contribution in [3.05, 3.63) is 192 Å². The molecule has 7 aromatic carbocycles. The number of nitrogens with zero attached hydrogens (tertiary/aromatic N) is 3. The summed E-state index contributed by atoms with van der Waals surface area (Å²) >= 11 is 0. The third-order valence-corrected chi connectivity index (χ3v) is 11.4. The van der Waals surface area contributed by atoms with Gasteiger partial charge in [-0.3, -0.25) is 0 Å².